The zero-order valence-electron chi connectivity index (χ0n) is 16.6. The van der Waals surface area contributed by atoms with E-state index in [0.29, 0.717) is 26.1 Å². The van der Waals surface area contributed by atoms with Crippen LogP contribution >= 0.6 is 23.6 Å². The van der Waals surface area contributed by atoms with Crippen molar-refractivity contribution in [3.63, 3.8) is 0 Å². The zero-order chi connectivity index (χ0) is 20.8. The van der Waals surface area contributed by atoms with Crippen molar-refractivity contribution < 1.29 is 19.1 Å². The fourth-order valence-corrected chi connectivity index (χ4v) is 3.95. The van der Waals surface area contributed by atoms with Gasteiger partial charge in [0, 0.05) is 5.69 Å². The van der Waals surface area contributed by atoms with Gasteiger partial charge in [-0.25, -0.2) is 9.59 Å². The second kappa shape index (κ2) is 9.66. The van der Waals surface area contributed by atoms with Gasteiger partial charge >= 0.3 is 11.9 Å². The fourth-order valence-electron chi connectivity index (χ4n) is 2.59. The fraction of sp³-hybridized carbons (Fsp3) is 0.350. The Balaban J connectivity index is 2.33. The molecule has 1 heterocycles. The number of esters is 2. The van der Waals surface area contributed by atoms with Gasteiger partial charge in [-0.05, 0) is 69.6 Å². The van der Waals surface area contributed by atoms with Gasteiger partial charge in [-0.2, -0.15) is 0 Å². The number of anilines is 2. The first-order chi connectivity index (χ1) is 13.3. The van der Waals surface area contributed by atoms with E-state index in [4.69, 9.17) is 21.7 Å². The monoisotopic (exact) mass is 420 g/mol. The third kappa shape index (κ3) is 4.88. The molecule has 0 spiro atoms. The molecule has 0 amide bonds. The van der Waals surface area contributed by atoms with Gasteiger partial charge in [0.15, 0.2) is 5.11 Å². The Kier molecular flexibility index (Phi) is 7.53. The Hall–Kier alpha value is -2.45. The van der Waals surface area contributed by atoms with E-state index in [1.165, 1.54) is 0 Å². The van der Waals surface area contributed by atoms with Crippen LogP contribution in [0.4, 0.5) is 10.7 Å². The number of aryl methyl sites for hydroxylation is 1. The molecule has 2 rings (SSSR count). The average molecular weight is 421 g/mol. The minimum absolute atomic E-state index is 0.230. The van der Waals surface area contributed by atoms with E-state index >= 15 is 0 Å². The van der Waals surface area contributed by atoms with Gasteiger partial charge in [-0.1, -0.05) is 12.1 Å². The minimum atomic E-state index is -0.510. The molecule has 6 nitrogen and oxygen atoms in total. The molecular formula is C20H24N2O4S2. The Bertz CT molecular complexity index is 906. The van der Waals surface area contributed by atoms with Crippen molar-refractivity contribution in [1.29, 1.82) is 0 Å². The third-order valence-corrected chi connectivity index (χ3v) is 5.56. The molecular weight excluding hydrogens is 396 g/mol. The normalized spacial score (nSPS) is 10.3. The molecule has 8 heteroatoms. The van der Waals surface area contributed by atoms with Crippen LogP contribution in [0.5, 0.6) is 0 Å². The first kappa shape index (κ1) is 21.8. The first-order valence-corrected chi connectivity index (χ1v) is 10.1. The predicted octanol–water partition coefficient (Wildman–Crippen LogP) is 4.84. The van der Waals surface area contributed by atoms with Crippen LogP contribution in [0.2, 0.25) is 0 Å². The summed E-state index contributed by atoms with van der Waals surface area (Å²) in [5, 5.41) is 6.93. The Morgan fingerprint density at radius 2 is 1.64 bits per heavy atom. The molecule has 2 aromatic rings. The molecule has 0 atom stereocenters. The summed E-state index contributed by atoms with van der Waals surface area (Å²) in [7, 11) is 0. The lowest BCUT2D eigenvalue weighted by atomic mass is 10.1. The highest BCUT2D eigenvalue weighted by atomic mass is 32.1. The van der Waals surface area contributed by atoms with E-state index in [9.17, 15) is 9.59 Å². The second-order valence-electron chi connectivity index (χ2n) is 6.03. The van der Waals surface area contributed by atoms with Gasteiger partial charge in [-0.3, -0.25) is 0 Å². The summed E-state index contributed by atoms with van der Waals surface area (Å²) < 4.78 is 10.2. The molecule has 1 aromatic heterocycles. The van der Waals surface area contributed by atoms with Crippen LogP contribution in [0.15, 0.2) is 18.2 Å². The predicted molar refractivity (Wildman–Crippen MR) is 117 cm³/mol. The van der Waals surface area contributed by atoms with Crippen LogP contribution in [0.25, 0.3) is 0 Å². The number of thiocarbonyl (C=S) groups is 1. The summed E-state index contributed by atoms with van der Waals surface area (Å²) in [5.41, 5.74) is 3.89. The number of carbonyl (C=O) groups excluding carboxylic acids is 2. The highest BCUT2D eigenvalue weighted by Crippen LogP contribution is 2.34. The number of benzene rings is 1. The highest BCUT2D eigenvalue weighted by Gasteiger charge is 2.26. The standard InChI is InChI=1S/C20H24N2O4S2/c1-6-25-18(23)15-13(5)16(19(24)26-7-2)28-17(15)22-20(27)21-14-10-8-9-11(3)12(14)4/h8-10H,6-7H2,1-5H3,(H2,21,22,27). The molecule has 0 fully saturated rings. The zero-order valence-corrected chi connectivity index (χ0v) is 18.2. The number of carbonyl (C=O) groups is 2. The lowest BCUT2D eigenvalue weighted by Crippen LogP contribution is -2.21. The van der Waals surface area contributed by atoms with E-state index in [0.717, 1.165) is 28.2 Å². The summed E-state index contributed by atoms with van der Waals surface area (Å²) in [6.45, 7) is 9.65. The van der Waals surface area contributed by atoms with Crippen molar-refractivity contribution in [3.8, 4) is 0 Å². The van der Waals surface area contributed by atoms with Crippen LogP contribution in [-0.4, -0.2) is 30.3 Å². The number of thiophene rings is 1. The molecule has 0 saturated carbocycles. The maximum atomic E-state index is 12.4. The number of hydrogen-bond acceptors (Lipinski definition) is 6. The average Bonchev–Trinajstić information content (AvgIpc) is 2.95. The molecule has 0 aliphatic heterocycles. The molecule has 0 aliphatic rings. The Morgan fingerprint density at radius 1 is 1.00 bits per heavy atom. The number of hydrogen-bond donors (Lipinski definition) is 2. The van der Waals surface area contributed by atoms with Crippen LogP contribution in [0, 0.1) is 20.8 Å². The van der Waals surface area contributed by atoms with E-state index < -0.39 is 11.9 Å². The third-order valence-electron chi connectivity index (χ3n) is 4.17. The van der Waals surface area contributed by atoms with Gasteiger partial charge in [0.25, 0.3) is 0 Å². The summed E-state index contributed by atoms with van der Waals surface area (Å²) in [6.07, 6.45) is 0. The number of nitrogens with one attached hydrogen (secondary N) is 2. The quantitative estimate of drug-likeness (QED) is 0.512. The Morgan fingerprint density at radius 3 is 2.29 bits per heavy atom. The minimum Gasteiger partial charge on any atom is -0.462 e. The van der Waals surface area contributed by atoms with Crippen LogP contribution < -0.4 is 10.6 Å². The van der Waals surface area contributed by atoms with Crippen molar-refractivity contribution in [2.75, 3.05) is 23.8 Å². The SMILES string of the molecule is CCOC(=O)c1sc(NC(=S)Nc2cccc(C)c2C)c(C(=O)OCC)c1C. The van der Waals surface area contributed by atoms with Crippen molar-refractivity contribution in [2.45, 2.75) is 34.6 Å². The molecule has 28 heavy (non-hydrogen) atoms. The van der Waals surface area contributed by atoms with Crippen molar-refractivity contribution >= 4 is 51.3 Å². The lowest BCUT2D eigenvalue weighted by molar-refractivity contribution is 0.0527. The van der Waals surface area contributed by atoms with Gasteiger partial charge in [0.2, 0.25) is 0 Å². The van der Waals surface area contributed by atoms with Crippen molar-refractivity contribution in [3.05, 3.63) is 45.3 Å². The Labute approximate surface area is 174 Å². The largest absolute Gasteiger partial charge is 0.462 e. The van der Waals surface area contributed by atoms with E-state index in [2.05, 4.69) is 10.6 Å². The summed E-state index contributed by atoms with van der Waals surface area (Å²) in [6, 6.07) is 5.88. The molecule has 0 bridgehead atoms. The van der Waals surface area contributed by atoms with Gasteiger partial charge < -0.3 is 20.1 Å². The smallest absolute Gasteiger partial charge is 0.348 e. The molecule has 0 radical (unpaired) electrons. The number of ether oxygens (including phenoxy) is 2. The van der Waals surface area contributed by atoms with Crippen LogP contribution in [0.3, 0.4) is 0 Å². The summed E-state index contributed by atoms with van der Waals surface area (Å²) in [4.78, 5) is 25.0. The number of rotatable bonds is 6. The highest BCUT2D eigenvalue weighted by molar-refractivity contribution is 7.80. The van der Waals surface area contributed by atoms with E-state index in [-0.39, 0.29) is 13.2 Å². The molecule has 0 unspecified atom stereocenters. The van der Waals surface area contributed by atoms with Crippen LogP contribution in [0.1, 0.15) is 50.6 Å². The first-order valence-electron chi connectivity index (χ1n) is 8.91. The van der Waals surface area contributed by atoms with E-state index in [1.807, 2.05) is 32.0 Å². The maximum absolute atomic E-state index is 12.4. The van der Waals surface area contributed by atoms with Gasteiger partial charge in [0.05, 0.1) is 18.8 Å². The van der Waals surface area contributed by atoms with Gasteiger partial charge in [-0.15, -0.1) is 11.3 Å². The second-order valence-corrected chi connectivity index (χ2v) is 7.46. The van der Waals surface area contributed by atoms with Crippen LogP contribution in [-0.2, 0) is 9.47 Å². The molecule has 0 saturated heterocycles. The van der Waals surface area contributed by atoms with Crippen molar-refractivity contribution in [2.24, 2.45) is 0 Å². The van der Waals surface area contributed by atoms with E-state index in [1.54, 1.807) is 20.8 Å². The molecule has 1 aromatic carbocycles. The van der Waals surface area contributed by atoms with Crippen molar-refractivity contribution in [1.82, 2.24) is 0 Å². The topological polar surface area (TPSA) is 76.7 Å². The summed E-state index contributed by atoms with van der Waals surface area (Å²) in [5.74, 6) is -0.985. The molecule has 0 aliphatic carbocycles. The molecule has 150 valence electrons. The summed E-state index contributed by atoms with van der Waals surface area (Å²) >= 11 is 6.54. The maximum Gasteiger partial charge on any atom is 0.348 e. The molecule has 2 N–H and O–H groups in total. The van der Waals surface area contributed by atoms with Gasteiger partial charge in [0.1, 0.15) is 9.88 Å². The lowest BCUT2D eigenvalue weighted by Gasteiger charge is -2.14.